The second-order valence-electron chi connectivity index (χ2n) is 6.74. The van der Waals surface area contributed by atoms with Gasteiger partial charge in [-0.25, -0.2) is 17.9 Å². The Morgan fingerprint density at radius 2 is 1.87 bits per heavy atom. The van der Waals surface area contributed by atoms with Crippen LogP contribution in [0, 0.1) is 0 Å². The van der Waals surface area contributed by atoms with Crippen molar-refractivity contribution in [1.29, 1.82) is 0 Å². The van der Waals surface area contributed by atoms with Crippen LogP contribution in [-0.4, -0.2) is 46.2 Å². The smallest absolute Gasteiger partial charge is 0.338 e. The van der Waals surface area contributed by atoms with E-state index in [4.69, 9.17) is 32.7 Å². The average Bonchev–Trinajstić information content (AvgIpc) is 3.28. The number of nitrogens with one attached hydrogen (secondary N) is 2. The SMILES string of the molecule is O=C(COC(=O)c1ccc(S(=O)(=O)NCC2CCCO2)cc1)Nc1cccc(Cl)c1Cl. The average molecular weight is 487 g/mol. The summed E-state index contributed by atoms with van der Waals surface area (Å²) in [5.41, 5.74) is 0.395. The summed E-state index contributed by atoms with van der Waals surface area (Å²) in [6.45, 7) is 0.274. The van der Waals surface area contributed by atoms with Crippen LogP contribution < -0.4 is 10.0 Å². The number of halogens is 2. The number of carbonyl (C=O) groups excluding carboxylic acids is 2. The van der Waals surface area contributed by atoms with Crippen molar-refractivity contribution < 1.29 is 27.5 Å². The molecule has 2 N–H and O–H groups in total. The molecule has 3 rings (SSSR count). The molecule has 11 heteroatoms. The van der Waals surface area contributed by atoms with Crippen LogP contribution in [0.3, 0.4) is 0 Å². The second kappa shape index (κ2) is 10.4. The molecule has 1 amide bonds. The fourth-order valence-corrected chi connectivity index (χ4v) is 4.28. The summed E-state index contributed by atoms with van der Waals surface area (Å²) in [5.74, 6) is -1.38. The van der Waals surface area contributed by atoms with Gasteiger partial charge in [-0.1, -0.05) is 29.3 Å². The third kappa shape index (κ3) is 6.41. The van der Waals surface area contributed by atoms with Gasteiger partial charge in [-0.05, 0) is 49.2 Å². The standard InChI is InChI=1S/C20H20Cl2N2O6S/c21-16-4-1-5-17(19(16)22)24-18(25)12-30-20(26)13-6-8-15(9-7-13)31(27,28)23-11-14-3-2-10-29-14/h1,4-9,14,23H,2-3,10-12H2,(H,24,25). The Labute approximate surface area is 189 Å². The fourth-order valence-electron chi connectivity index (χ4n) is 2.86. The lowest BCUT2D eigenvalue weighted by Crippen LogP contribution is -2.31. The van der Waals surface area contributed by atoms with Gasteiger partial charge >= 0.3 is 5.97 Å². The Balaban J connectivity index is 1.52. The van der Waals surface area contributed by atoms with E-state index in [-0.39, 0.29) is 33.2 Å². The number of rotatable bonds is 8. The first-order valence-electron chi connectivity index (χ1n) is 9.38. The summed E-state index contributed by atoms with van der Waals surface area (Å²) in [4.78, 5) is 24.2. The highest BCUT2D eigenvalue weighted by Gasteiger charge is 2.21. The van der Waals surface area contributed by atoms with Gasteiger partial charge in [0.05, 0.1) is 32.3 Å². The van der Waals surface area contributed by atoms with Crippen molar-refractivity contribution in [2.24, 2.45) is 0 Å². The second-order valence-corrected chi connectivity index (χ2v) is 9.29. The number of hydrogen-bond acceptors (Lipinski definition) is 6. The van der Waals surface area contributed by atoms with Crippen molar-refractivity contribution in [3.8, 4) is 0 Å². The molecule has 0 aromatic heterocycles. The zero-order chi connectivity index (χ0) is 22.4. The van der Waals surface area contributed by atoms with Gasteiger partial charge in [-0.15, -0.1) is 0 Å². The first kappa shape index (κ1) is 23.5. The predicted molar refractivity (Wildman–Crippen MR) is 116 cm³/mol. The molecule has 1 fully saturated rings. The molecule has 1 saturated heterocycles. The predicted octanol–water partition coefficient (Wildman–Crippen LogP) is 3.25. The molecular weight excluding hydrogens is 467 g/mol. The van der Waals surface area contributed by atoms with Crippen molar-refractivity contribution in [3.63, 3.8) is 0 Å². The highest BCUT2D eigenvalue weighted by molar-refractivity contribution is 7.89. The molecule has 1 aliphatic heterocycles. The van der Waals surface area contributed by atoms with Crippen LogP contribution >= 0.6 is 23.2 Å². The number of amides is 1. The highest BCUT2D eigenvalue weighted by atomic mass is 35.5. The quantitative estimate of drug-likeness (QED) is 0.554. The van der Waals surface area contributed by atoms with E-state index in [0.29, 0.717) is 12.3 Å². The van der Waals surface area contributed by atoms with E-state index in [1.807, 2.05) is 0 Å². The van der Waals surface area contributed by atoms with E-state index < -0.39 is 28.5 Å². The fraction of sp³-hybridized carbons (Fsp3) is 0.300. The monoisotopic (exact) mass is 486 g/mol. The minimum Gasteiger partial charge on any atom is -0.452 e. The number of anilines is 1. The summed E-state index contributed by atoms with van der Waals surface area (Å²) in [5, 5.41) is 2.94. The summed E-state index contributed by atoms with van der Waals surface area (Å²) >= 11 is 11.9. The summed E-state index contributed by atoms with van der Waals surface area (Å²) < 4.78 is 37.6. The van der Waals surface area contributed by atoms with Crippen LogP contribution in [0.25, 0.3) is 0 Å². The first-order valence-corrected chi connectivity index (χ1v) is 11.6. The normalized spacial score (nSPS) is 16.1. The molecule has 2 aromatic carbocycles. The molecule has 1 atom stereocenters. The molecule has 0 saturated carbocycles. The van der Waals surface area contributed by atoms with Crippen LogP contribution in [0.5, 0.6) is 0 Å². The lowest BCUT2D eigenvalue weighted by molar-refractivity contribution is -0.119. The molecule has 0 spiro atoms. The number of hydrogen-bond donors (Lipinski definition) is 2. The number of carbonyl (C=O) groups is 2. The zero-order valence-corrected chi connectivity index (χ0v) is 18.6. The van der Waals surface area contributed by atoms with Crippen molar-refractivity contribution in [2.45, 2.75) is 23.8 Å². The van der Waals surface area contributed by atoms with Gasteiger partial charge in [0.15, 0.2) is 6.61 Å². The molecular formula is C20H20Cl2N2O6S. The summed E-state index contributed by atoms with van der Waals surface area (Å²) in [6, 6.07) is 9.95. The molecule has 0 bridgehead atoms. The minimum atomic E-state index is -3.73. The largest absolute Gasteiger partial charge is 0.452 e. The first-order chi connectivity index (χ1) is 14.8. The van der Waals surface area contributed by atoms with Gasteiger partial charge in [-0.3, -0.25) is 4.79 Å². The van der Waals surface area contributed by atoms with Gasteiger partial charge in [0.25, 0.3) is 5.91 Å². The minimum absolute atomic E-state index is 0.00962. The van der Waals surface area contributed by atoms with Crippen molar-refractivity contribution in [1.82, 2.24) is 4.72 Å². The van der Waals surface area contributed by atoms with Crippen molar-refractivity contribution in [2.75, 3.05) is 25.1 Å². The topological polar surface area (TPSA) is 111 Å². The van der Waals surface area contributed by atoms with Crippen molar-refractivity contribution >= 4 is 50.8 Å². The Morgan fingerprint density at radius 1 is 1.13 bits per heavy atom. The lowest BCUT2D eigenvalue weighted by atomic mass is 10.2. The molecule has 1 aliphatic rings. The Morgan fingerprint density at radius 3 is 2.55 bits per heavy atom. The van der Waals surface area contributed by atoms with E-state index in [9.17, 15) is 18.0 Å². The number of ether oxygens (including phenoxy) is 2. The highest BCUT2D eigenvalue weighted by Crippen LogP contribution is 2.29. The summed E-state index contributed by atoms with van der Waals surface area (Å²) in [7, 11) is -3.73. The molecule has 166 valence electrons. The Bertz CT molecular complexity index is 1050. The van der Waals surface area contributed by atoms with Gasteiger partial charge in [-0.2, -0.15) is 0 Å². The maximum Gasteiger partial charge on any atom is 0.338 e. The van der Waals surface area contributed by atoms with Crippen LogP contribution in [-0.2, 0) is 24.3 Å². The number of benzene rings is 2. The maximum atomic E-state index is 12.4. The van der Waals surface area contributed by atoms with Gasteiger partial charge < -0.3 is 14.8 Å². The Hall–Kier alpha value is -2.17. The molecule has 31 heavy (non-hydrogen) atoms. The Kier molecular flexibility index (Phi) is 7.90. The molecule has 2 aromatic rings. The van der Waals surface area contributed by atoms with Crippen LogP contribution in [0.2, 0.25) is 10.0 Å². The molecule has 0 aliphatic carbocycles. The number of sulfonamides is 1. The lowest BCUT2D eigenvalue weighted by Gasteiger charge is -2.12. The van der Waals surface area contributed by atoms with Gasteiger partial charge in [0, 0.05) is 13.2 Å². The molecule has 8 nitrogen and oxygen atoms in total. The maximum absolute atomic E-state index is 12.4. The number of esters is 1. The van der Waals surface area contributed by atoms with Gasteiger partial charge in [0.2, 0.25) is 10.0 Å². The third-order valence-corrected chi connectivity index (χ3v) is 6.74. The third-order valence-electron chi connectivity index (χ3n) is 4.49. The van der Waals surface area contributed by atoms with Crippen LogP contribution in [0.4, 0.5) is 5.69 Å². The van der Waals surface area contributed by atoms with E-state index in [1.54, 1.807) is 18.2 Å². The molecule has 0 radical (unpaired) electrons. The van der Waals surface area contributed by atoms with Crippen LogP contribution in [0.15, 0.2) is 47.4 Å². The van der Waals surface area contributed by atoms with E-state index in [0.717, 1.165) is 12.8 Å². The van der Waals surface area contributed by atoms with Crippen molar-refractivity contribution in [3.05, 3.63) is 58.1 Å². The van der Waals surface area contributed by atoms with Crippen LogP contribution in [0.1, 0.15) is 23.2 Å². The molecule has 1 heterocycles. The van der Waals surface area contributed by atoms with Gasteiger partial charge in [0.1, 0.15) is 0 Å². The van der Waals surface area contributed by atoms with E-state index in [1.165, 1.54) is 24.3 Å². The van der Waals surface area contributed by atoms with E-state index in [2.05, 4.69) is 10.0 Å². The molecule has 1 unspecified atom stereocenters. The van der Waals surface area contributed by atoms with E-state index >= 15 is 0 Å². The zero-order valence-electron chi connectivity index (χ0n) is 16.3. The summed E-state index contributed by atoms with van der Waals surface area (Å²) in [6.07, 6.45) is 1.59.